The molecule has 0 aromatic heterocycles. The predicted octanol–water partition coefficient (Wildman–Crippen LogP) is 1.91. The molecule has 3 fully saturated rings. The second-order valence-electron chi connectivity index (χ2n) is 8.24. The van der Waals surface area contributed by atoms with Gasteiger partial charge in [0.15, 0.2) is 0 Å². The second-order valence-corrected chi connectivity index (χ2v) is 8.24. The average molecular weight is 399 g/mol. The quantitative estimate of drug-likeness (QED) is 0.776. The van der Waals surface area contributed by atoms with Gasteiger partial charge in [-0.1, -0.05) is 6.07 Å². The smallest absolute Gasteiger partial charge is 0.228 e. The molecule has 3 heterocycles. The highest BCUT2D eigenvalue weighted by atomic mass is 16.5. The summed E-state index contributed by atoms with van der Waals surface area (Å²) >= 11 is 0. The molecule has 0 N–H and O–H groups in total. The molecule has 1 aromatic rings. The first kappa shape index (κ1) is 19.7. The third-order valence-electron chi connectivity index (χ3n) is 6.41. The third kappa shape index (κ3) is 4.09. The maximum Gasteiger partial charge on any atom is 0.228 e. The largest absolute Gasteiger partial charge is 0.497 e. The Morgan fingerprint density at radius 3 is 2.31 bits per heavy atom. The van der Waals surface area contributed by atoms with Crippen LogP contribution in [0, 0.1) is 11.8 Å². The minimum Gasteiger partial charge on any atom is -0.497 e. The fourth-order valence-electron chi connectivity index (χ4n) is 4.70. The average Bonchev–Trinajstić information content (AvgIpc) is 3.43. The number of methoxy groups -OCH3 is 1. The van der Waals surface area contributed by atoms with Crippen molar-refractivity contribution in [2.45, 2.75) is 32.1 Å². The molecule has 29 heavy (non-hydrogen) atoms. The molecule has 7 nitrogen and oxygen atoms in total. The lowest BCUT2D eigenvalue weighted by molar-refractivity contribution is -0.142. The van der Waals surface area contributed by atoms with E-state index in [9.17, 15) is 14.4 Å². The molecular formula is C22H29N3O4. The lowest BCUT2D eigenvalue weighted by atomic mass is 9.94. The molecule has 156 valence electrons. The van der Waals surface area contributed by atoms with E-state index in [1.165, 1.54) is 0 Å². The SMILES string of the molecule is COc1cccc(N2CC(C(=O)N3CCC(C(=O)N4CCCC4)CC3)CC2=O)c1. The number of ether oxygens (including phenoxy) is 1. The highest BCUT2D eigenvalue weighted by Crippen LogP contribution is 2.30. The fourth-order valence-corrected chi connectivity index (χ4v) is 4.70. The minimum atomic E-state index is -0.320. The summed E-state index contributed by atoms with van der Waals surface area (Å²) in [5.74, 6) is 0.673. The second kappa shape index (κ2) is 8.43. The van der Waals surface area contributed by atoms with Crippen LogP contribution in [0.5, 0.6) is 5.75 Å². The van der Waals surface area contributed by atoms with E-state index in [1.807, 2.05) is 34.1 Å². The van der Waals surface area contributed by atoms with Gasteiger partial charge in [0.05, 0.1) is 13.0 Å². The van der Waals surface area contributed by atoms with Crippen LogP contribution >= 0.6 is 0 Å². The van der Waals surface area contributed by atoms with Crippen molar-refractivity contribution in [3.63, 3.8) is 0 Å². The number of benzene rings is 1. The molecule has 1 aromatic carbocycles. The Balaban J connectivity index is 1.33. The number of carbonyl (C=O) groups excluding carboxylic acids is 3. The highest BCUT2D eigenvalue weighted by Gasteiger charge is 2.39. The van der Waals surface area contributed by atoms with E-state index in [0.717, 1.165) is 44.5 Å². The number of piperidine rings is 1. The van der Waals surface area contributed by atoms with Gasteiger partial charge in [0, 0.05) is 56.8 Å². The Bertz CT molecular complexity index is 782. The van der Waals surface area contributed by atoms with Gasteiger partial charge in [-0.05, 0) is 37.8 Å². The summed E-state index contributed by atoms with van der Waals surface area (Å²) in [5.41, 5.74) is 0.763. The number of hydrogen-bond acceptors (Lipinski definition) is 4. The number of anilines is 1. The Labute approximate surface area is 171 Å². The van der Waals surface area contributed by atoms with Gasteiger partial charge in [-0.15, -0.1) is 0 Å². The Morgan fingerprint density at radius 2 is 1.62 bits per heavy atom. The van der Waals surface area contributed by atoms with Crippen molar-refractivity contribution in [3.05, 3.63) is 24.3 Å². The van der Waals surface area contributed by atoms with Crippen molar-refractivity contribution in [1.82, 2.24) is 9.80 Å². The van der Waals surface area contributed by atoms with Crippen LogP contribution < -0.4 is 9.64 Å². The summed E-state index contributed by atoms with van der Waals surface area (Å²) in [6.07, 6.45) is 3.89. The molecule has 7 heteroatoms. The van der Waals surface area contributed by atoms with Crippen molar-refractivity contribution in [2.24, 2.45) is 11.8 Å². The molecule has 0 bridgehead atoms. The first-order valence-electron chi connectivity index (χ1n) is 10.6. The zero-order valence-electron chi connectivity index (χ0n) is 17.0. The zero-order valence-corrected chi connectivity index (χ0v) is 17.0. The van der Waals surface area contributed by atoms with Crippen LogP contribution in [0.1, 0.15) is 32.1 Å². The highest BCUT2D eigenvalue weighted by molar-refractivity contribution is 6.00. The fraction of sp³-hybridized carbons (Fsp3) is 0.591. The summed E-state index contributed by atoms with van der Waals surface area (Å²) in [5, 5.41) is 0. The number of hydrogen-bond donors (Lipinski definition) is 0. The maximum atomic E-state index is 13.0. The Morgan fingerprint density at radius 1 is 0.966 bits per heavy atom. The van der Waals surface area contributed by atoms with Crippen LogP contribution in [0.15, 0.2) is 24.3 Å². The van der Waals surface area contributed by atoms with E-state index in [-0.39, 0.29) is 36.0 Å². The monoisotopic (exact) mass is 399 g/mol. The van der Waals surface area contributed by atoms with E-state index in [0.29, 0.717) is 25.4 Å². The molecule has 0 radical (unpaired) electrons. The predicted molar refractivity (Wildman–Crippen MR) is 109 cm³/mol. The van der Waals surface area contributed by atoms with Crippen LogP contribution in [-0.4, -0.2) is 67.4 Å². The molecule has 3 amide bonds. The van der Waals surface area contributed by atoms with E-state index in [4.69, 9.17) is 4.74 Å². The summed E-state index contributed by atoms with van der Waals surface area (Å²) < 4.78 is 5.24. The van der Waals surface area contributed by atoms with Gasteiger partial charge in [0.2, 0.25) is 17.7 Å². The third-order valence-corrected chi connectivity index (χ3v) is 6.41. The van der Waals surface area contributed by atoms with E-state index < -0.39 is 0 Å². The standard InChI is InChI=1S/C22H29N3O4/c1-29-19-6-4-5-18(14-19)25-15-17(13-20(25)26)22(28)24-11-7-16(8-12-24)21(27)23-9-2-3-10-23/h4-6,14,16-17H,2-3,7-13,15H2,1H3. The van der Waals surface area contributed by atoms with Crippen molar-refractivity contribution in [2.75, 3.05) is 44.7 Å². The van der Waals surface area contributed by atoms with Crippen LogP contribution in [0.3, 0.4) is 0 Å². The lowest BCUT2D eigenvalue weighted by Gasteiger charge is -2.34. The normalized spacial score (nSPS) is 23.0. The zero-order chi connectivity index (χ0) is 20.4. The summed E-state index contributed by atoms with van der Waals surface area (Å²) in [7, 11) is 1.59. The van der Waals surface area contributed by atoms with E-state index >= 15 is 0 Å². The number of nitrogens with zero attached hydrogens (tertiary/aromatic N) is 3. The molecular weight excluding hydrogens is 370 g/mol. The maximum absolute atomic E-state index is 13.0. The number of amides is 3. The molecule has 3 aliphatic heterocycles. The van der Waals surface area contributed by atoms with Gasteiger partial charge in [0.25, 0.3) is 0 Å². The van der Waals surface area contributed by atoms with Gasteiger partial charge in [0.1, 0.15) is 5.75 Å². The van der Waals surface area contributed by atoms with Gasteiger partial charge < -0.3 is 19.4 Å². The van der Waals surface area contributed by atoms with Gasteiger partial charge >= 0.3 is 0 Å². The molecule has 4 rings (SSSR count). The first-order valence-corrected chi connectivity index (χ1v) is 10.6. The summed E-state index contributed by atoms with van der Waals surface area (Å²) in [4.78, 5) is 43.6. The van der Waals surface area contributed by atoms with Crippen molar-refractivity contribution >= 4 is 23.4 Å². The minimum absolute atomic E-state index is 0.0318. The van der Waals surface area contributed by atoms with Crippen LogP contribution in [0.4, 0.5) is 5.69 Å². The van der Waals surface area contributed by atoms with Gasteiger partial charge in [-0.25, -0.2) is 0 Å². The molecule has 1 unspecified atom stereocenters. The van der Waals surface area contributed by atoms with Crippen molar-refractivity contribution in [3.8, 4) is 5.75 Å². The topological polar surface area (TPSA) is 70.2 Å². The van der Waals surface area contributed by atoms with Crippen molar-refractivity contribution in [1.29, 1.82) is 0 Å². The molecule has 0 aliphatic carbocycles. The Hall–Kier alpha value is -2.57. The molecule has 3 aliphatic rings. The first-order chi connectivity index (χ1) is 14.1. The number of rotatable bonds is 4. The Kier molecular flexibility index (Phi) is 5.74. The van der Waals surface area contributed by atoms with Gasteiger partial charge in [-0.3, -0.25) is 14.4 Å². The molecule has 0 spiro atoms. The molecule has 3 saturated heterocycles. The van der Waals surface area contributed by atoms with Crippen molar-refractivity contribution < 1.29 is 19.1 Å². The number of carbonyl (C=O) groups is 3. The number of likely N-dealkylation sites (tertiary alicyclic amines) is 2. The van der Waals surface area contributed by atoms with E-state index in [1.54, 1.807) is 12.0 Å². The van der Waals surface area contributed by atoms with Crippen LogP contribution in [0.25, 0.3) is 0 Å². The van der Waals surface area contributed by atoms with E-state index in [2.05, 4.69) is 0 Å². The molecule has 1 atom stereocenters. The van der Waals surface area contributed by atoms with Crippen LogP contribution in [0.2, 0.25) is 0 Å². The summed E-state index contributed by atoms with van der Waals surface area (Å²) in [6.45, 7) is 3.36. The lowest BCUT2D eigenvalue weighted by Crippen LogP contribution is -2.46. The van der Waals surface area contributed by atoms with Gasteiger partial charge in [-0.2, -0.15) is 0 Å². The van der Waals surface area contributed by atoms with Crippen LogP contribution in [-0.2, 0) is 14.4 Å². The molecule has 0 saturated carbocycles. The summed E-state index contributed by atoms with van der Waals surface area (Å²) in [6, 6.07) is 7.36.